The zero-order valence-electron chi connectivity index (χ0n) is 27.4. The maximum atomic E-state index is 15.1. The molecule has 0 bridgehead atoms. The van der Waals surface area contributed by atoms with Gasteiger partial charge in [0.05, 0.1) is 26.3 Å². The maximum Gasteiger partial charge on any atom is 0.496 e. The molecule has 0 atom stereocenters. The molecule has 0 spiro atoms. The lowest BCUT2D eigenvalue weighted by Gasteiger charge is -2.39. The number of rotatable bonds is 29. The van der Waals surface area contributed by atoms with E-state index in [4.69, 9.17) is 0 Å². The first-order valence-corrected chi connectivity index (χ1v) is 14.1. The minimum Gasteiger partial charge on any atom is -0.461 e. The number of carbonyl (C=O) groups is 3. The topological polar surface area (TPSA) is 147 Å². The molecule has 25 heteroatoms. The number of hydrogen-bond acceptors (Lipinski definition) is 13. The lowest BCUT2D eigenvalue weighted by molar-refractivity contribution is -1.09. The van der Waals surface area contributed by atoms with Gasteiger partial charge in [0.1, 0.15) is 13.2 Å². The van der Waals surface area contributed by atoms with E-state index in [0.29, 0.717) is 12.2 Å². The smallest absolute Gasteiger partial charge is 0.461 e. The molecule has 0 heterocycles. The van der Waals surface area contributed by atoms with Gasteiger partial charge in [-0.1, -0.05) is 17.8 Å². The van der Waals surface area contributed by atoms with Crippen molar-refractivity contribution in [1.82, 2.24) is 4.90 Å². The monoisotopic (exact) mass is 785 g/mol. The van der Waals surface area contributed by atoms with Crippen molar-refractivity contribution in [3.63, 3.8) is 0 Å². The van der Waals surface area contributed by atoms with Crippen molar-refractivity contribution < 1.29 is 111 Å². The van der Waals surface area contributed by atoms with Crippen molar-refractivity contribution in [3.8, 4) is 0 Å². The average molecular weight is 786 g/mol. The predicted molar refractivity (Wildman–Crippen MR) is 148 cm³/mol. The van der Waals surface area contributed by atoms with Crippen LogP contribution in [0.5, 0.6) is 0 Å². The molecule has 0 aliphatic heterocycles. The van der Waals surface area contributed by atoms with Crippen molar-refractivity contribution >= 4 is 17.8 Å². The number of quaternary nitrogens is 1. The number of halogens is 10. The van der Waals surface area contributed by atoms with Gasteiger partial charge in [-0.15, -0.1) is 13.6 Å². The number of alkyl halides is 10. The summed E-state index contributed by atoms with van der Waals surface area (Å²) in [5.74, 6) is -5.07. The van der Waals surface area contributed by atoms with E-state index in [1.807, 2.05) is 0 Å². The van der Waals surface area contributed by atoms with Crippen molar-refractivity contribution in [2.75, 3.05) is 59.5 Å². The molecule has 15 nitrogen and oxygen atoms in total. The van der Waals surface area contributed by atoms with Gasteiger partial charge >= 0.3 is 49.1 Å². The van der Waals surface area contributed by atoms with Gasteiger partial charge in [0.25, 0.3) is 0 Å². The van der Waals surface area contributed by atoms with E-state index in [1.54, 1.807) is 0 Å². The number of nitrogens with zero attached hydrogens (tertiary/aromatic N) is 2. The van der Waals surface area contributed by atoms with Crippen LogP contribution in [0.4, 0.5) is 43.9 Å². The molecule has 0 rings (SSSR count). The molecule has 0 unspecified atom stereocenters. The van der Waals surface area contributed by atoms with Crippen molar-refractivity contribution in [2.24, 2.45) is 0 Å². The first-order valence-electron chi connectivity index (χ1n) is 14.1. The Hall–Kier alpha value is -3.69. The molecule has 0 aromatic heterocycles. The van der Waals surface area contributed by atoms with Crippen LogP contribution < -0.4 is 0 Å². The minimum absolute atomic E-state index is 0.112. The molecule has 0 saturated heterocycles. The highest BCUT2D eigenvalue weighted by Gasteiger charge is 2.71. The fourth-order valence-electron chi connectivity index (χ4n) is 3.12. The molecule has 0 radical (unpaired) electrons. The van der Waals surface area contributed by atoms with Crippen molar-refractivity contribution in [1.29, 1.82) is 0 Å². The van der Waals surface area contributed by atoms with Gasteiger partial charge in [0, 0.05) is 12.2 Å². The number of hydrogen-bond donors (Lipinski definition) is 0. The second-order valence-electron chi connectivity index (χ2n) is 9.11. The summed E-state index contributed by atoms with van der Waals surface area (Å²) in [6.07, 6.45) is -24.4. The normalized spacial score (nSPS) is 12.7. The third-order valence-electron chi connectivity index (χ3n) is 5.44. The molecule has 0 saturated carbocycles. The van der Waals surface area contributed by atoms with Crippen LogP contribution in [0.15, 0.2) is 49.9 Å². The van der Waals surface area contributed by atoms with Crippen molar-refractivity contribution in [3.05, 3.63) is 49.9 Å². The molecule has 0 aromatic rings. The fourth-order valence-corrected chi connectivity index (χ4v) is 3.12. The van der Waals surface area contributed by atoms with E-state index < -0.39 is 111 Å². The Labute approximate surface area is 288 Å². The summed E-state index contributed by atoms with van der Waals surface area (Å²) in [5, 5.41) is 0. The van der Waals surface area contributed by atoms with Crippen LogP contribution in [0.2, 0.25) is 0 Å². The van der Waals surface area contributed by atoms with E-state index in [0.717, 1.165) is 0 Å². The quantitative estimate of drug-likeness (QED) is 0.0153. The SMILES string of the molecule is C=CC(=O)OCCN(CCOC(=O)C=C)C(=O)C(F)(F)OC(F)(F)OC(F)(F)C(F)(F)O[N+](COC(F)F)(C(=C)COOCC)C(=C)COOCC. The molecule has 0 fully saturated rings. The van der Waals surface area contributed by atoms with Crippen LogP contribution >= 0.6 is 0 Å². The zero-order chi connectivity index (χ0) is 40.4. The third kappa shape index (κ3) is 15.9. The predicted octanol–water partition coefficient (Wildman–Crippen LogP) is 4.54. The summed E-state index contributed by atoms with van der Waals surface area (Å²) in [5.41, 5.74) is -2.13. The van der Waals surface area contributed by atoms with E-state index in [9.17, 15) is 49.5 Å². The standard InChI is InChI=1S/C27H35F10N2O13/c1-7-20(40)43-13-11-38(12-14-44-21(41)8-2)22(42)24(30,31)50-27(36,37)51-25(32,33)26(34,35)52-39(17-45-23(28)29,18(5)15-48-46-9-3)19(6)16-49-47-10-4/h7-8,23H,1-2,5-6,9-17H2,3-4H3/q+1. The Morgan fingerprint density at radius 2 is 1.17 bits per heavy atom. The highest BCUT2D eigenvalue weighted by molar-refractivity contribution is 5.83. The lowest BCUT2D eigenvalue weighted by atomic mass is 10.3. The number of esters is 2. The van der Waals surface area contributed by atoms with Gasteiger partial charge < -0.3 is 14.4 Å². The highest BCUT2D eigenvalue weighted by atomic mass is 19.3. The largest absolute Gasteiger partial charge is 0.496 e. The average Bonchev–Trinajstić information content (AvgIpc) is 3.04. The molecule has 300 valence electrons. The summed E-state index contributed by atoms with van der Waals surface area (Å²) < 4.78 is 160. The van der Waals surface area contributed by atoms with E-state index >= 15 is 8.78 Å². The molecule has 0 aromatic carbocycles. The van der Waals surface area contributed by atoms with E-state index in [1.165, 1.54) is 13.8 Å². The van der Waals surface area contributed by atoms with Gasteiger partial charge in [0.2, 0.25) is 6.73 Å². The first kappa shape index (κ1) is 48.3. The van der Waals surface area contributed by atoms with Crippen LogP contribution in [0.1, 0.15) is 13.8 Å². The van der Waals surface area contributed by atoms with Gasteiger partial charge in [-0.2, -0.15) is 35.1 Å². The van der Waals surface area contributed by atoms with Gasteiger partial charge in [0.15, 0.2) is 24.6 Å². The van der Waals surface area contributed by atoms with E-state index in [2.05, 4.69) is 74.4 Å². The minimum atomic E-state index is -6.75. The molecular weight excluding hydrogens is 750 g/mol. The van der Waals surface area contributed by atoms with E-state index in [-0.39, 0.29) is 18.1 Å². The molecule has 0 aliphatic carbocycles. The van der Waals surface area contributed by atoms with Gasteiger partial charge in [-0.3, -0.25) is 9.53 Å². The van der Waals surface area contributed by atoms with Gasteiger partial charge in [-0.05, 0) is 27.0 Å². The summed E-state index contributed by atoms with van der Waals surface area (Å²) >= 11 is 0. The number of hydroxylamine groups is 3. The Morgan fingerprint density at radius 1 is 0.731 bits per heavy atom. The zero-order valence-corrected chi connectivity index (χ0v) is 27.4. The number of carbonyl (C=O) groups excluding carboxylic acids is 3. The Bertz CT molecular complexity index is 1180. The summed E-state index contributed by atoms with van der Waals surface area (Å²) in [7, 11) is 0. The summed E-state index contributed by atoms with van der Waals surface area (Å²) in [6.45, 7) is 2.74. The number of amides is 1. The van der Waals surface area contributed by atoms with Crippen LogP contribution in [0.25, 0.3) is 0 Å². The Balaban J connectivity index is 6.47. The van der Waals surface area contributed by atoms with Crippen LogP contribution in [-0.4, -0.2) is 118 Å². The van der Waals surface area contributed by atoms with Crippen LogP contribution in [-0.2, 0) is 62.5 Å². The Morgan fingerprint density at radius 3 is 1.56 bits per heavy atom. The summed E-state index contributed by atoms with van der Waals surface area (Å²) in [6, 6.07) is 0. The highest BCUT2D eigenvalue weighted by Crippen LogP contribution is 2.45. The molecule has 0 N–H and O–H groups in total. The van der Waals surface area contributed by atoms with Gasteiger partial charge in [-0.25, -0.2) is 38.6 Å². The fraction of sp³-hybridized carbons (Fsp3) is 0.593. The maximum absolute atomic E-state index is 15.1. The third-order valence-corrected chi connectivity index (χ3v) is 5.44. The second kappa shape index (κ2) is 21.7. The summed E-state index contributed by atoms with van der Waals surface area (Å²) in [4.78, 5) is 56.8. The molecular formula is C27H35F10N2O13+. The lowest BCUT2D eigenvalue weighted by Crippen LogP contribution is -2.60. The second-order valence-corrected chi connectivity index (χ2v) is 9.11. The first-order chi connectivity index (χ1) is 24.0. The number of ether oxygens (including phenoxy) is 5. The molecule has 0 aliphatic rings. The molecule has 52 heavy (non-hydrogen) atoms. The van der Waals surface area contributed by atoms with Crippen LogP contribution in [0.3, 0.4) is 0 Å². The van der Waals surface area contributed by atoms with Crippen LogP contribution in [0, 0.1) is 0 Å². The Kier molecular flexibility index (Phi) is 20.2. The van der Waals surface area contributed by atoms with Crippen molar-refractivity contribution in [2.45, 2.75) is 45.1 Å². The molecule has 1 amide bonds.